The summed E-state index contributed by atoms with van der Waals surface area (Å²) in [5.41, 5.74) is 12.1. The molecule has 50 heavy (non-hydrogen) atoms. The Morgan fingerprint density at radius 3 is 1.08 bits per heavy atom. The van der Waals surface area contributed by atoms with Crippen LogP contribution in [0.4, 0.5) is 34.1 Å². The Balaban J connectivity index is 1.19. The zero-order chi connectivity index (χ0) is 33.9. The quantitative estimate of drug-likeness (QED) is 0.154. The number of para-hydroxylation sites is 2. The van der Waals surface area contributed by atoms with Gasteiger partial charge in [0.2, 0.25) is 0 Å². The lowest BCUT2D eigenvalue weighted by Crippen LogP contribution is -2.12. The van der Waals surface area contributed by atoms with E-state index in [1.165, 1.54) is 66.5 Å². The molecular formula is C48H40N2. The first-order valence-electron chi connectivity index (χ1n) is 17.7. The van der Waals surface area contributed by atoms with E-state index in [9.17, 15) is 0 Å². The summed E-state index contributed by atoms with van der Waals surface area (Å²) in [5, 5.41) is 4.95. The minimum absolute atomic E-state index is 0.959. The molecule has 0 fully saturated rings. The Morgan fingerprint density at radius 2 is 0.660 bits per heavy atom. The van der Waals surface area contributed by atoms with Gasteiger partial charge in [-0.2, -0.15) is 0 Å². The van der Waals surface area contributed by atoms with Crippen LogP contribution < -0.4 is 9.80 Å². The topological polar surface area (TPSA) is 6.48 Å². The molecule has 0 atom stereocenters. The first-order valence-corrected chi connectivity index (χ1v) is 17.7. The molecule has 8 rings (SSSR count). The van der Waals surface area contributed by atoms with Gasteiger partial charge < -0.3 is 9.80 Å². The summed E-state index contributed by atoms with van der Waals surface area (Å²) in [4.78, 5) is 4.84. The predicted octanol–water partition coefficient (Wildman–Crippen LogP) is 13.7. The average Bonchev–Trinajstić information content (AvgIpc) is 3.19. The highest BCUT2D eigenvalue weighted by molar-refractivity contribution is 6.00. The van der Waals surface area contributed by atoms with E-state index in [1.807, 2.05) is 0 Å². The van der Waals surface area contributed by atoms with Gasteiger partial charge in [-0.1, -0.05) is 147 Å². The van der Waals surface area contributed by atoms with Crippen molar-refractivity contribution in [3.63, 3.8) is 0 Å². The molecule has 242 valence electrons. The van der Waals surface area contributed by atoms with Gasteiger partial charge in [-0.05, 0) is 94.4 Å². The van der Waals surface area contributed by atoms with Crippen molar-refractivity contribution in [2.45, 2.75) is 26.7 Å². The lowest BCUT2D eigenvalue weighted by Gasteiger charge is -2.29. The maximum atomic E-state index is 2.42. The minimum Gasteiger partial charge on any atom is -0.310 e. The van der Waals surface area contributed by atoms with E-state index in [2.05, 4.69) is 206 Å². The van der Waals surface area contributed by atoms with Crippen LogP contribution in [0.15, 0.2) is 182 Å². The van der Waals surface area contributed by atoms with Gasteiger partial charge in [-0.15, -0.1) is 0 Å². The highest BCUT2D eigenvalue weighted by Crippen LogP contribution is 2.43. The fraction of sp³-hybridized carbons (Fsp3) is 0.0833. The summed E-state index contributed by atoms with van der Waals surface area (Å²) in [6.07, 6.45) is 1.92. The molecule has 0 aliphatic heterocycles. The number of hydrogen-bond acceptors (Lipinski definition) is 2. The second-order valence-corrected chi connectivity index (χ2v) is 12.7. The Hall–Kier alpha value is -6.12. The molecule has 0 unspecified atom stereocenters. The Morgan fingerprint density at radius 1 is 0.320 bits per heavy atom. The number of hydrogen-bond donors (Lipinski definition) is 0. The van der Waals surface area contributed by atoms with Crippen molar-refractivity contribution in [1.29, 1.82) is 0 Å². The predicted molar refractivity (Wildman–Crippen MR) is 215 cm³/mol. The summed E-state index contributed by atoms with van der Waals surface area (Å²) in [6.45, 7) is 4.46. The third-order valence-corrected chi connectivity index (χ3v) is 9.83. The molecule has 0 spiro atoms. The summed E-state index contributed by atoms with van der Waals surface area (Å²) in [5.74, 6) is 0. The van der Waals surface area contributed by atoms with E-state index in [0.29, 0.717) is 0 Å². The summed E-state index contributed by atoms with van der Waals surface area (Å²) in [6, 6.07) is 66.1. The van der Waals surface area contributed by atoms with Crippen LogP contribution in [0.3, 0.4) is 0 Å². The molecule has 0 radical (unpaired) electrons. The smallest absolute Gasteiger partial charge is 0.0540 e. The van der Waals surface area contributed by atoms with Crippen LogP contribution >= 0.6 is 0 Å². The van der Waals surface area contributed by atoms with Gasteiger partial charge >= 0.3 is 0 Å². The standard InChI is InChI=1S/C48H40N2/c1-3-35-15-7-11-23-45(35)49(47-25-13-19-39-17-5-9-21-43(39)47)41-31-27-37(28-32-41)38-29-33-42(34-30-38)50(46-24-12-8-16-36(46)4-2)48-26-14-20-40-18-6-10-22-44(40)48/h5-34H,3-4H2,1-2H3. The Bertz CT molecular complexity index is 2220. The van der Waals surface area contributed by atoms with Crippen molar-refractivity contribution >= 4 is 55.7 Å². The molecule has 2 nitrogen and oxygen atoms in total. The van der Waals surface area contributed by atoms with Crippen molar-refractivity contribution < 1.29 is 0 Å². The maximum absolute atomic E-state index is 2.42. The van der Waals surface area contributed by atoms with Gasteiger partial charge in [0.15, 0.2) is 0 Å². The summed E-state index contributed by atoms with van der Waals surface area (Å²) >= 11 is 0. The summed E-state index contributed by atoms with van der Waals surface area (Å²) < 4.78 is 0. The SMILES string of the molecule is CCc1ccccc1N(c1ccc(-c2ccc(N(c3ccccc3CC)c3cccc4ccccc34)cc2)cc1)c1cccc2ccccc12. The van der Waals surface area contributed by atoms with Crippen LogP contribution in [0.1, 0.15) is 25.0 Å². The van der Waals surface area contributed by atoms with Crippen LogP contribution in [-0.2, 0) is 12.8 Å². The zero-order valence-electron chi connectivity index (χ0n) is 28.6. The monoisotopic (exact) mass is 644 g/mol. The molecule has 0 amide bonds. The molecule has 0 heterocycles. The molecule has 0 aliphatic rings. The van der Waals surface area contributed by atoms with Crippen LogP contribution in [0.2, 0.25) is 0 Å². The van der Waals surface area contributed by atoms with E-state index in [1.54, 1.807) is 0 Å². The molecule has 2 heteroatoms. The Kier molecular flexibility index (Phi) is 8.59. The first-order chi connectivity index (χ1) is 24.7. The number of fused-ring (bicyclic) bond motifs is 2. The van der Waals surface area contributed by atoms with Crippen LogP contribution in [0, 0.1) is 0 Å². The van der Waals surface area contributed by atoms with E-state index in [0.717, 1.165) is 24.2 Å². The number of anilines is 6. The fourth-order valence-corrected chi connectivity index (χ4v) is 7.28. The molecule has 0 aliphatic carbocycles. The van der Waals surface area contributed by atoms with Gasteiger partial charge in [0.05, 0.1) is 11.4 Å². The first kappa shape index (κ1) is 31.2. The van der Waals surface area contributed by atoms with Gasteiger partial charge in [-0.25, -0.2) is 0 Å². The normalized spacial score (nSPS) is 11.2. The molecular weight excluding hydrogens is 605 g/mol. The number of rotatable bonds is 9. The lowest BCUT2D eigenvalue weighted by atomic mass is 10.0. The molecule has 0 aromatic heterocycles. The maximum Gasteiger partial charge on any atom is 0.0540 e. The molecule has 8 aromatic carbocycles. The Labute approximate surface area is 295 Å². The largest absolute Gasteiger partial charge is 0.310 e. The molecule has 0 N–H and O–H groups in total. The van der Waals surface area contributed by atoms with Gasteiger partial charge in [0, 0.05) is 33.5 Å². The van der Waals surface area contributed by atoms with Crippen molar-refractivity contribution in [2.75, 3.05) is 9.80 Å². The van der Waals surface area contributed by atoms with Gasteiger partial charge in [-0.3, -0.25) is 0 Å². The summed E-state index contributed by atoms with van der Waals surface area (Å²) in [7, 11) is 0. The van der Waals surface area contributed by atoms with Crippen molar-refractivity contribution in [3.8, 4) is 11.1 Å². The fourth-order valence-electron chi connectivity index (χ4n) is 7.28. The highest BCUT2D eigenvalue weighted by atomic mass is 15.2. The number of aryl methyl sites for hydroxylation is 2. The molecule has 0 saturated heterocycles. The number of nitrogens with zero attached hydrogens (tertiary/aromatic N) is 2. The van der Waals surface area contributed by atoms with Crippen molar-refractivity contribution in [1.82, 2.24) is 0 Å². The molecule has 0 saturated carbocycles. The van der Waals surface area contributed by atoms with E-state index >= 15 is 0 Å². The number of benzene rings is 8. The van der Waals surface area contributed by atoms with Gasteiger partial charge in [0.1, 0.15) is 0 Å². The van der Waals surface area contributed by atoms with Crippen LogP contribution in [0.25, 0.3) is 32.7 Å². The third-order valence-electron chi connectivity index (χ3n) is 9.83. The van der Waals surface area contributed by atoms with Crippen molar-refractivity contribution in [2.24, 2.45) is 0 Å². The highest BCUT2D eigenvalue weighted by Gasteiger charge is 2.19. The second kappa shape index (κ2) is 13.8. The van der Waals surface area contributed by atoms with Crippen molar-refractivity contribution in [3.05, 3.63) is 193 Å². The lowest BCUT2D eigenvalue weighted by molar-refractivity contribution is 1.12. The van der Waals surface area contributed by atoms with Gasteiger partial charge in [0.25, 0.3) is 0 Å². The van der Waals surface area contributed by atoms with Crippen LogP contribution in [0.5, 0.6) is 0 Å². The van der Waals surface area contributed by atoms with E-state index < -0.39 is 0 Å². The van der Waals surface area contributed by atoms with E-state index in [-0.39, 0.29) is 0 Å². The van der Waals surface area contributed by atoms with E-state index in [4.69, 9.17) is 0 Å². The van der Waals surface area contributed by atoms with Crippen LogP contribution in [-0.4, -0.2) is 0 Å². The molecule has 0 bridgehead atoms. The molecule has 8 aromatic rings. The minimum atomic E-state index is 0.959. The zero-order valence-corrected chi connectivity index (χ0v) is 28.6. The second-order valence-electron chi connectivity index (χ2n) is 12.7. The average molecular weight is 645 g/mol. The third kappa shape index (κ3) is 5.80.